The van der Waals surface area contributed by atoms with Gasteiger partial charge in [-0.05, 0) is 29.9 Å². The molecule has 0 unspecified atom stereocenters. The number of hydrogen-bond donors (Lipinski definition) is 1. The van der Waals surface area contributed by atoms with Crippen LogP contribution in [0.3, 0.4) is 0 Å². The fourth-order valence-corrected chi connectivity index (χ4v) is 2.99. The van der Waals surface area contributed by atoms with Crippen LogP contribution in [0.4, 0.5) is 0 Å². The second kappa shape index (κ2) is 6.73. The number of rotatable bonds is 4. The lowest BCUT2D eigenvalue weighted by Gasteiger charge is -2.39. The smallest absolute Gasteiger partial charge is 0.0321 e. The van der Waals surface area contributed by atoms with Crippen LogP contribution in [0.5, 0.6) is 0 Å². The van der Waals surface area contributed by atoms with Crippen molar-refractivity contribution in [3.05, 3.63) is 35.4 Å². The highest BCUT2D eigenvalue weighted by molar-refractivity contribution is 5.28. The topological polar surface area (TPSA) is 15.3 Å². The minimum atomic E-state index is 0.511. The van der Waals surface area contributed by atoms with E-state index in [1.165, 1.54) is 11.1 Å². The molecule has 0 bridgehead atoms. The first-order valence-corrected chi connectivity index (χ1v) is 8.06. The molecule has 2 rings (SSSR count). The van der Waals surface area contributed by atoms with Crippen molar-refractivity contribution in [1.29, 1.82) is 0 Å². The average Bonchev–Trinajstić information content (AvgIpc) is 2.46. The van der Waals surface area contributed by atoms with Gasteiger partial charge in [0.05, 0.1) is 0 Å². The van der Waals surface area contributed by atoms with Gasteiger partial charge < -0.3 is 5.32 Å². The summed E-state index contributed by atoms with van der Waals surface area (Å²) in [4.78, 5) is 2.63. The third-order valence-corrected chi connectivity index (χ3v) is 4.65. The molecule has 1 aliphatic rings. The first-order chi connectivity index (χ1) is 9.49. The van der Waals surface area contributed by atoms with Crippen molar-refractivity contribution in [2.75, 3.05) is 19.6 Å². The van der Waals surface area contributed by atoms with Crippen molar-refractivity contribution >= 4 is 0 Å². The number of piperazine rings is 1. The third kappa shape index (κ3) is 3.62. The SMILES string of the molecule is CC(C)c1cccc([C@@H](C)N2CCN[C@@H](C(C)C)C2)c1. The Bertz CT molecular complexity index is 425. The zero-order valence-electron chi connectivity index (χ0n) is 13.7. The van der Waals surface area contributed by atoms with Crippen LogP contribution < -0.4 is 5.32 Å². The maximum absolute atomic E-state index is 3.64. The summed E-state index contributed by atoms with van der Waals surface area (Å²) in [5.41, 5.74) is 2.91. The van der Waals surface area contributed by atoms with Gasteiger partial charge in [-0.15, -0.1) is 0 Å². The van der Waals surface area contributed by atoms with Gasteiger partial charge in [0.1, 0.15) is 0 Å². The zero-order chi connectivity index (χ0) is 14.7. The fraction of sp³-hybridized carbons (Fsp3) is 0.667. The maximum atomic E-state index is 3.64. The molecule has 20 heavy (non-hydrogen) atoms. The van der Waals surface area contributed by atoms with E-state index in [1.54, 1.807) is 0 Å². The summed E-state index contributed by atoms with van der Waals surface area (Å²) in [7, 11) is 0. The summed E-state index contributed by atoms with van der Waals surface area (Å²) in [5, 5.41) is 3.64. The predicted molar refractivity (Wildman–Crippen MR) is 87.1 cm³/mol. The molecule has 0 aliphatic carbocycles. The molecule has 0 aromatic heterocycles. The maximum Gasteiger partial charge on any atom is 0.0321 e. The van der Waals surface area contributed by atoms with Crippen molar-refractivity contribution in [3.63, 3.8) is 0 Å². The first kappa shape index (κ1) is 15.5. The Kier molecular flexibility index (Phi) is 5.22. The molecule has 0 amide bonds. The molecule has 2 atom stereocenters. The van der Waals surface area contributed by atoms with Crippen molar-refractivity contribution in [1.82, 2.24) is 10.2 Å². The van der Waals surface area contributed by atoms with Crippen molar-refractivity contribution in [2.45, 2.75) is 52.6 Å². The number of nitrogens with one attached hydrogen (secondary N) is 1. The van der Waals surface area contributed by atoms with Crippen molar-refractivity contribution in [3.8, 4) is 0 Å². The summed E-state index contributed by atoms with van der Waals surface area (Å²) in [6, 6.07) is 10.3. The van der Waals surface area contributed by atoms with Crippen LogP contribution in [-0.2, 0) is 0 Å². The first-order valence-electron chi connectivity index (χ1n) is 8.06. The Labute approximate surface area is 124 Å². The van der Waals surface area contributed by atoms with Gasteiger partial charge in [0.2, 0.25) is 0 Å². The largest absolute Gasteiger partial charge is 0.311 e. The van der Waals surface area contributed by atoms with Crippen LogP contribution in [0.1, 0.15) is 57.7 Å². The van der Waals surface area contributed by atoms with E-state index in [0.717, 1.165) is 19.6 Å². The van der Waals surface area contributed by atoms with Gasteiger partial charge in [-0.25, -0.2) is 0 Å². The highest BCUT2D eigenvalue weighted by Gasteiger charge is 2.25. The van der Waals surface area contributed by atoms with Gasteiger partial charge in [0.15, 0.2) is 0 Å². The van der Waals surface area contributed by atoms with Gasteiger partial charge in [-0.3, -0.25) is 4.90 Å². The molecule has 1 saturated heterocycles. The normalized spacial score (nSPS) is 22.4. The van der Waals surface area contributed by atoms with E-state index in [2.05, 4.69) is 69.1 Å². The second-order valence-electron chi connectivity index (χ2n) is 6.80. The average molecular weight is 274 g/mol. The second-order valence-corrected chi connectivity index (χ2v) is 6.80. The van der Waals surface area contributed by atoms with Gasteiger partial charge in [-0.1, -0.05) is 52.0 Å². The van der Waals surface area contributed by atoms with E-state index in [0.29, 0.717) is 23.9 Å². The molecule has 0 spiro atoms. The van der Waals surface area contributed by atoms with Crippen LogP contribution in [0.2, 0.25) is 0 Å². The van der Waals surface area contributed by atoms with Crippen LogP contribution in [0, 0.1) is 5.92 Å². The number of benzene rings is 1. The Morgan fingerprint density at radius 1 is 1.10 bits per heavy atom. The lowest BCUT2D eigenvalue weighted by atomic mass is 9.96. The summed E-state index contributed by atoms with van der Waals surface area (Å²) in [6.45, 7) is 14.9. The van der Waals surface area contributed by atoms with Crippen molar-refractivity contribution in [2.24, 2.45) is 5.92 Å². The monoisotopic (exact) mass is 274 g/mol. The van der Waals surface area contributed by atoms with E-state index >= 15 is 0 Å². The van der Waals surface area contributed by atoms with Gasteiger partial charge in [0, 0.05) is 31.7 Å². The molecule has 2 nitrogen and oxygen atoms in total. The zero-order valence-corrected chi connectivity index (χ0v) is 13.7. The molecule has 112 valence electrons. The quantitative estimate of drug-likeness (QED) is 0.898. The van der Waals surface area contributed by atoms with Crippen LogP contribution in [0.15, 0.2) is 24.3 Å². The van der Waals surface area contributed by atoms with Crippen LogP contribution >= 0.6 is 0 Å². The fourth-order valence-electron chi connectivity index (χ4n) is 2.99. The Hall–Kier alpha value is -0.860. The highest BCUT2D eigenvalue weighted by atomic mass is 15.2. The molecule has 1 aromatic rings. The van der Waals surface area contributed by atoms with Crippen molar-refractivity contribution < 1.29 is 0 Å². The van der Waals surface area contributed by atoms with E-state index in [-0.39, 0.29) is 0 Å². The van der Waals surface area contributed by atoms with E-state index < -0.39 is 0 Å². The minimum absolute atomic E-state index is 0.511. The highest BCUT2D eigenvalue weighted by Crippen LogP contribution is 2.25. The molecule has 1 heterocycles. The number of hydrogen-bond acceptors (Lipinski definition) is 2. The van der Waals surface area contributed by atoms with Gasteiger partial charge >= 0.3 is 0 Å². The number of nitrogens with zero attached hydrogens (tertiary/aromatic N) is 1. The molecular formula is C18H30N2. The molecular weight excluding hydrogens is 244 g/mol. The molecule has 2 heteroatoms. The summed E-state index contributed by atoms with van der Waals surface area (Å²) in [6.07, 6.45) is 0. The van der Waals surface area contributed by atoms with E-state index in [1.807, 2.05) is 0 Å². The van der Waals surface area contributed by atoms with E-state index in [4.69, 9.17) is 0 Å². The summed E-state index contributed by atoms with van der Waals surface area (Å²) < 4.78 is 0. The molecule has 1 N–H and O–H groups in total. The van der Waals surface area contributed by atoms with E-state index in [9.17, 15) is 0 Å². The molecule has 0 radical (unpaired) electrons. The Balaban J connectivity index is 2.10. The summed E-state index contributed by atoms with van der Waals surface area (Å²) in [5.74, 6) is 1.31. The van der Waals surface area contributed by atoms with Gasteiger partial charge in [0.25, 0.3) is 0 Å². The predicted octanol–water partition coefficient (Wildman–Crippen LogP) is 3.80. The van der Waals surface area contributed by atoms with Gasteiger partial charge in [-0.2, -0.15) is 0 Å². The molecule has 1 aromatic carbocycles. The molecule has 1 fully saturated rings. The minimum Gasteiger partial charge on any atom is -0.311 e. The molecule has 1 aliphatic heterocycles. The lowest BCUT2D eigenvalue weighted by Crippen LogP contribution is -2.53. The standard InChI is InChI=1S/C18H30N2/c1-13(2)16-7-6-8-17(11-16)15(5)20-10-9-19-18(12-20)14(3)4/h6-8,11,13-15,18-19H,9-10,12H2,1-5H3/t15-,18-/m1/s1. The Morgan fingerprint density at radius 3 is 2.45 bits per heavy atom. The Morgan fingerprint density at radius 2 is 1.80 bits per heavy atom. The lowest BCUT2D eigenvalue weighted by molar-refractivity contribution is 0.135. The van der Waals surface area contributed by atoms with Crippen LogP contribution in [-0.4, -0.2) is 30.6 Å². The summed E-state index contributed by atoms with van der Waals surface area (Å²) >= 11 is 0. The third-order valence-electron chi connectivity index (χ3n) is 4.65. The molecule has 0 saturated carbocycles. The van der Waals surface area contributed by atoms with Crippen LogP contribution in [0.25, 0.3) is 0 Å².